The molecular weight excluding hydrogens is 242 g/mol. The van der Waals surface area contributed by atoms with Gasteiger partial charge in [-0.1, -0.05) is 0 Å². The largest absolute Gasteiger partial charge is 0.466 e. The van der Waals surface area contributed by atoms with Gasteiger partial charge in [-0.3, -0.25) is 4.79 Å². The number of aryl methyl sites for hydroxylation is 2. The molecule has 0 aliphatic carbocycles. The molecule has 0 bridgehead atoms. The maximum absolute atomic E-state index is 11.9. The molecule has 0 spiro atoms. The van der Waals surface area contributed by atoms with E-state index in [1.54, 1.807) is 26.0 Å². The molecule has 2 heterocycles. The van der Waals surface area contributed by atoms with Crippen LogP contribution in [0.4, 0.5) is 5.82 Å². The van der Waals surface area contributed by atoms with E-state index in [1.165, 1.54) is 6.20 Å². The van der Waals surface area contributed by atoms with E-state index in [-0.39, 0.29) is 11.2 Å². The molecule has 5 nitrogen and oxygen atoms in total. The highest BCUT2D eigenvalue weighted by Gasteiger charge is 2.14. The van der Waals surface area contributed by atoms with Crippen LogP contribution in [0.2, 0.25) is 5.28 Å². The monoisotopic (exact) mass is 251 g/mol. The molecule has 0 unspecified atom stereocenters. The van der Waals surface area contributed by atoms with Gasteiger partial charge in [0.1, 0.15) is 17.3 Å². The van der Waals surface area contributed by atoms with E-state index < -0.39 is 0 Å². The first-order valence-corrected chi connectivity index (χ1v) is 5.31. The van der Waals surface area contributed by atoms with E-state index in [0.717, 1.165) is 0 Å². The summed E-state index contributed by atoms with van der Waals surface area (Å²) in [6, 6.07) is 3.24. The molecule has 0 atom stereocenters. The summed E-state index contributed by atoms with van der Waals surface area (Å²) in [4.78, 5) is 19.5. The van der Waals surface area contributed by atoms with Crippen molar-refractivity contribution in [3.05, 3.63) is 40.7 Å². The molecule has 0 saturated carbocycles. The minimum atomic E-state index is -0.283. The van der Waals surface area contributed by atoms with Gasteiger partial charge in [0.05, 0.1) is 5.56 Å². The Bertz CT molecular complexity index is 566. The Balaban J connectivity index is 2.20. The number of anilines is 1. The summed E-state index contributed by atoms with van der Waals surface area (Å²) in [6.45, 7) is 3.51. The van der Waals surface area contributed by atoms with Crippen molar-refractivity contribution in [3.8, 4) is 0 Å². The summed E-state index contributed by atoms with van der Waals surface area (Å²) in [5.74, 6) is 1.33. The summed E-state index contributed by atoms with van der Waals surface area (Å²) < 4.78 is 5.28. The van der Waals surface area contributed by atoms with Gasteiger partial charge >= 0.3 is 0 Å². The number of carbonyl (C=O) groups is 1. The van der Waals surface area contributed by atoms with E-state index in [0.29, 0.717) is 22.9 Å². The first kappa shape index (κ1) is 11.6. The predicted molar refractivity (Wildman–Crippen MR) is 63.2 cm³/mol. The summed E-state index contributed by atoms with van der Waals surface area (Å²) in [5.41, 5.74) is 0.484. The van der Waals surface area contributed by atoms with Crippen LogP contribution in [0.1, 0.15) is 21.9 Å². The molecule has 88 valence electrons. The van der Waals surface area contributed by atoms with Crippen molar-refractivity contribution in [2.45, 2.75) is 13.8 Å². The summed E-state index contributed by atoms with van der Waals surface area (Å²) in [6.07, 6.45) is 1.47. The zero-order valence-corrected chi connectivity index (χ0v) is 10.1. The molecular formula is C11H10ClN3O2. The SMILES string of the molecule is Cc1cc(C(=O)Nc2ccnc(Cl)n2)c(C)o1. The number of hydrogen-bond donors (Lipinski definition) is 1. The van der Waals surface area contributed by atoms with Gasteiger partial charge < -0.3 is 9.73 Å². The number of carbonyl (C=O) groups excluding carboxylic acids is 1. The van der Waals surface area contributed by atoms with Crippen molar-refractivity contribution in [1.82, 2.24) is 9.97 Å². The van der Waals surface area contributed by atoms with Crippen LogP contribution in [0.5, 0.6) is 0 Å². The topological polar surface area (TPSA) is 68.0 Å². The van der Waals surface area contributed by atoms with Crippen LogP contribution in [0.15, 0.2) is 22.7 Å². The second-order valence-corrected chi connectivity index (χ2v) is 3.83. The third-order valence-electron chi connectivity index (χ3n) is 2.15. The van der Waals surface area contributed by atoms with E-state index in [9.17, 15) is 4.79 Å². The van der Waals surface area contributed by atoms with Gasteiger partial charge in [0.25, 0.3) is 5.91 Å². The minimum absolute atomic E-state index is 0.0860. The molecule has 2 aromatic rings. The lowest BCUT2D eigenvalue weighted by atomic mass is 10.2. The van der Waals surface area contributed by atoms with Gasteiger partial charge in [-0.05, 0) is 37.6 Å². The first-order chi connectivity index (χ1) is 8.06. The molecule has 6 heteroatoms. The number of furan rings is 1. The van der Waals surface area contributed by atoms with Crippen molar-refractivity contribution >= 4 is 23.3 Å². The van der Waals surface area contributed by atoms with Crippen molar-refractivity contribution in [2.24, 2.45) is 0 Å². The number of hydrogen-bond acceptors (Lipinski definition) is 4. The summed E-state index contributed by atoms with van der Waals surface area (Å²) >= 11 is 5.62. The van der Waals surface area contributed by atoms with Crippen molar-refractivity contribution < 1.29 is 9.21 Å². The lowest BCUT2D eigenvalue weighted by Gasteiger charge is -2.02. The van der Waals surface area contributed by atoms with Crippen LogP contribution >= 0.6 is 11.6 Å². The van der Waals surface area contributed by atoms with Gasteiger partial charge in [-0.2, -0.15) is 0 Å². The number of nitrogens with zero attached hydrogens (tertiary/aromatic N) is 2. The average Bonchev–Trinajstić information content (AvgIpc) is 2.58. The number of rotatable bonds is 2. The van der Waals surface area contributed by atoms with Crippen LogP contribution in [0.25, 0.3) is 0 Å². The molecule has 0 fully saturated rings. The highest BCUT2D eigenvalue weighted by Crippen LogP contribution is 2.15. The van der Waals surface area contributed by atoms with E-state index in [1.807, 2.05) is 0 Å². The van der Waals surface area contributed by atoms with Crippen molar-refractivity contribution in [3.63, 3.8) is 0 Å². The highest BCUT2D eigenvalue weighted by atomic mass is 35.5. The van der Waals surface area contributed by atoms with Crippen LogP contribution in [-0.4, -0.2) is 15.9 Å². The van der Waals surface area contributed by atoms with Crippen LogP contribution in [0, 0.1) is 13.8 Å². The van der Waals surface area contributed by atoms with Crippen molar-refractivity contribution in [2.75, 3.05) is 5.32 Å². The van der Waals surface area contributed by atoms with Gasteiger partial charge in [0.2, 0.25) is 5.28 Å². The standard InChI is InChI=1S/C11H10ClN3O2/c1-6-5-8(7(2)17-6)10(16)14-9-3-4-13-11(12)15-9/h3-5H,1-2H3,(H,13,14,15,16). The predicted octanol–water partition coefficient (Wildman–Crippen LogP) is 2.59. The van der Waals surface area contributed by atoms with Crippen LogP contribution < -0.4 is 5.32 Å². The summed E-state index contributed by atoms with van der Waals surface area (Å²) in [5, 5.41) is 2.70. The number of aromatic nitrogens is 2. The fourth-order valence-electron chi connectivity index (χ4n) is 1.44. The van der Waals surface area contributed by atoms with Crippen LogP contribution in [0.3, 0.4) is 0 Å². The quantitative estimate of drug-likeness (QED) is 0.833. The molecule has 1 amide bonds. The number of halogens is 1. The maximum atomic E-state index is 11.9. The molecule has 2 aromatic heterocycles. The van der Waals surface area contributed by atoms with E-state index in [4.69, 9.17) is 16.0 Å². The van der Waals surface area contributed by atoms with Gasteiger partial charge in [-0.15, -0.1) is 0 Å². The number of amides is 1. The Kier molecular flexibility index (Phi) is 3.10. The van der Waals surface area contributed by atoms with Crippen LogP contribution in [-0.2, 0) is 0 Å². The second-order valence-electron chi connectivity index (χ2n) is 3.49. The Hall–Kier alpha value is -1.88. The van der Waals surface area contributed by atoms with E-state index >= 15 is 0 Å². The zero-order valence-electron chi connectivity index (χ0n) is 9.32. The lowest BCUT2D eigenvalue weighted by Crippen LogP contribution is -2.13. The fraction of sp³-hybridized carbons (Fsp3) is 0.182. The minimum Gasteiger partial charge on any atom is -0.466 e. The van der Waals surface area contributed by atoms with E-state index in [2.05, 4.69) is 15.3 Å². The van der Waals surface area contributed by atoms with Gasteiger partial charge in [0, 0.05) is 6.20 Å². The Morgan fingerprint density at radius 1 is 1.47 bits per heavy atom. The summed E-state index contributed by atoms with van der Waals surface area (Å²) in [7, 11) is 0. The molecule has 17 heavy (non-hydrogen) atoms. The third-order valence-corrected chi connectivity index (χ3v) is 2.34. The molecule has 0 aliphatic rings. The van der Waals surface area contributed by atoms with Gasteiger partial charge in [0.15, 0.2) is 0 Å². The maximum Gasteiger partial charge on any atom is 0.260 e. The normalized spacial score (nSPS) is 10.3. The lowest BCUT2D eigenvalue weighted by molar-refractivity contribution is 0.102. The fourth-order valence-corrected chi connectivity index (χ4v) is 1.59. The highest BCUT2D eigenvalue weighted by molar-refractivity contribution is 6.28. The third kappa shape index (κ3) is 2.62. The first-order valence-electron chi connectivity index (χ1n) is 4.93. The second kappa shape index (κ2) is 4.55. The van der Waals surface area contributed by atoms with Gasteiger partial charge in [-0.25, -0.2) is 9.97 Å². The Morgan fingerprint density at radius 2 is 2.24 bits per heavy atom. The average molecular weight is 252 g/mol. The molecule has 0 saturated heterocycles. The Labute approximate surface area is 103 Å². The molecule has 0 aliphatic heterocycles. The Morgan fingerprint density at radius 3 is 2.82 bits per heavy atom. The molecule has 2 rings (SSSR count). The smallest absolute Gasteiger partial charge is 0.260 e. The molecule has 1 N–H and O–H groups in total. The molecule has 0 aromatic carbocycles. The molecule has 0 radical (unpaired) electrons. The number of nitrogens with one attached hydrogen (secondary N) is 1. The van der Waals surface area contributed by atoms with Crippen molar-refractivity contribution in [1.29, 1.82) is 0 Å². The zero-order chi connectivity index (χ0) is 12.4.